The Morgan fingerprint density at radius 1 is 0.468 bits per heavy atom. The van der Waals surface area contributed by atoms with Crippen LogP contribution >= 0.6 is 0 Å². The molecule has 1 amide bonds. The second-order valence-corrected chi connectivity index (χ2v) is 21.1. The summed E-state index contributed by atoms with van der Waals surface area (Å²) in [6.07, 6.45) is 23.5. The first-order valence-corrected chi connectivity index (χ1v) is 29.7. The predicted octanol–water partition coefficient (Wildman–Crippen LogP) is 5.04. The lowest BCUT2D eigenvalue weighted by molar-refractivity contribution is -0.379. The Labute approximate surface area is 470 Å². The van der Waals surface area contributed by atoms with Crippen LogP contribution in [0.25, 0.3) is 0 Å². The first-order valence-electron chi connectivity index (χ1n) is 29.7. The van der Waals surface area contributed by atoms with Gasteiger partial charge >= 0.3 is 0 Å². The van der Waals surface area contributed by atoms with Gasteiger partial charge in [0.2, 0.25) is 5.91 Å². The summed E-state index contributed by atoms with van der Waals surface area (Å²) in [4.78, 5) is 13.2. The molecule has 3 heterocycles. The Morgan fingerprint density at radius 2 is 0.886 bits per heavy atom. The highest BCUT2D eigenvalue weighted by molar-refractivity contribution is 5.76. The SMILES string of the molecule is CC/C=C\C/C=C\C/C=C\C/C=C\CCC(=O)NC(COC1OC(CO)C(OC2OC(CO)C(OC3OC(CO)C(O)C(O)C3O)C(O)C2O)C(O)C1O)C(O)/C=C/CC/C=C/CCCCCCCCCCCCCCCCC. The van der Waals surface area contributed by atoms with Gasteiger partial charge in [-0.1, -0.05) is 177 Å². The molecule has 3 saturated heterocycles. The van der Waals surface area contributed by atoms with Gasteiger partial charge in [-0.25, -0.2) is 0 Å². The molecule has 0 saturated carbocycles. The van der Waals surface area contributed by atoms with Gasteiger partial charge in [0.25, 0.3) is 0 Å². The van der Waals surface area contributed by atoms with Gasteiger partial charge in [-0.15, -0.1) is 0 Å². The fraction of sp³-hybridized carbons (Fsp3) is 0.783. The lowest BCUT2D eigenvalue weighted by Gasteiger charge is -2.48. The summed E-state index contributed by atoms with van der Waals surface area (Å²) < 4.78 is 34.1. The Bertz CT molecular complexity index is 1730. The summed E-state index contributed by atoms with van der Waals surface area (Å²) in [5.41, 5.74) is 0. The summed E-state index contributed by atoms with van der Waals surface area (Å²) in [7, 11) is 0. The number of carbonyl (C=O) groups is 1. The number of nitrogens with one attached hydrogen (secondary N) is 1. The number of rotatable bonds is 42. The molecule has 3 fully saturated rings. The normalized spacial score (nSPS) is 30.8. The maximum atomic E-state index is 13.2. The molecule has 17 unspecified atom stereocenters. The van der Waals surface area contributed by atoms with E-state index in [0.717, 1.165) is 38.5 Å². The van der Waals surface area contributed by atoms with Crippen LogP contribution < -0.4 is 5.32 Å². The maximum Gasteiger partial charge on any atom is 0.220 e. The number of ether oxygens (including phenoxy) is 6. The van der Waals surface area contributed by atoms with E-state index in [4.69, 9.17) is 28.4 Å². The lowest BCUT2D eigenvalue weighted by Crippen LogP contribution is -2.66. The molecule has 0 aromatic heterocycles. The van der Waals surface area contributed by atoms with E-state index < -0.39 is 131 Å². The largest absolute Gasteiger partial charge is 0.394 e. The summed E-state index contributed by atoms with van der Waals surface area (Å²) in [5.74, 6) is -0.368. The van der Waals surface area contributed by atoms with Crippen molar-refractivity contribution in [3.63, 3.8) is 0 Å². The Kier molecular flexibility index (Phi) is 38.3. The highest BCUT2D eigenvalue weighted by atomic mass is 16.8. The molecule has 0 aliphatic carbocycles. The molecule has 0 radical (unpaired) electrons. The van der Waals surface area contributed by atoms with Gasteiger partial charge in [-0.3, -0.25) is 4.79 Å². The number of aliphatic hydroxyl groups excluding tert-OH is 11. The van der Waals surface area contributed by atoms with E-state index >= 15 is 0 Å². The zero-order valence-electron chi connectivity index (χ0n) is 47.3. The van der Waals surface area contributed by atoms with Crippen molar-refractivity contribution in [2.24, 2.45) is 0 Å². The zero-order valence-corrected chi connectivity index (χ0v) is 47.3. The minimum atomic E-state index is -1.99. The predicted molar refractivity (Wildman–Crippen MR) is 300 cm³/mol. The van der Waals surface area contributed by atoms with Gasteiger partial charge in [0.15, 0.2) is 18.9 Å². The van der Waals surface area contributed by atoms with Crippen molar-refractivity contribution in [2.45, 2.75) is 272 Å². The van der Waals surface area contributed by atoms with Crippen molar-refractivity contribution >= 4 is 5.91 Å². The summed E-state index contributed by atoms with van der Waals surface area (Å²) >= 11 is 0. The Hall–Kier alpha value is -2.77. The van der Waals surface area contributed by atoms with E-state index in [1.807, 2.05) is 18.2 Å². The van der Waals surface area contributed by atoms with Crippen LogP contribution in [0.4, 0.5) is 0 Å². The minimum Gasteiger partial charge on any atom is -0.394 e. The van der Waals surface area contributed by atoms with Gasteiger partial charge in [0.05, 0.1) is 38.6 Å². The first kappa shape index (κ1) is 70.5. The van der Waals surface area contributed by atoms with Gasteiger partial charge in [0, 0.05) is 6.42 Å². The molecule has 12 N–H and O–H groups in total. The fourth-order valence-electron chi connectivity index (χ4n) is 9.63. The summed E-state index contributed by atoms with van der Waals surface area (Å²) in [6.45, 7) is 1.51. The van der Waals surface area contributed by atoms with E-state index in [2.05, 4.69) is 67.8 Å². The van der Waals surface area contributed by atoms with Crippen molar-refractivity contribution in [1.29, 1.82) is 0 Å². The molecule has 3 aliphatic rings. The number of hydrogen-bond acceptors (Lipinski definition) is 18. The third kappa shape index (κ3) is 27.0. The van der Waals surface area contributed by atoms with Gasteiger partial charge in [-0.05, 0) is 57.8 Å². The molecule has 79 heavy (non-hydrogen) atoms. The third-order valence-electron chi connectivity index (χ3n) is 14.5. The second kappa shape index (κ2) is 43.0. The van der Waals surface area contributed by atoms with Gasteiger partial charge in [-0.2, -0.15) is 0 Å². The van der Waals surface area contributed by atoms with Crippen molar-refractivity contribution in [1.82, 2.24) is 5.32 Å². The average Bonchev–Trinajstić information content (AvgIpc) is 3.55. The van der Waals surface area contributed by atoms with Crippen molar-refractivity contribution in [3.8, 4) is 0 Å². The van der Waals surface area contributed by atoms with Crippen LogP contribution in [-0.2, 0) is 33.2 Å². The lowest BCUT2D eigenvalue weighted by atomic mass is 9.96. The molecule has 0 spiro atoms. The van der Waals surface area contributed by atoms with Crippen LogP contribution in [0.2, 0.25) is 0 Å². The number of amides is 1. The Morgan fingerprint density at radius 3 is 1.41 bits per heavy atom. The smallest absolute Gasteiger partial charge is 0.220 e. The van der Waals surface area contributed by atoms with E-state index in [-0.39, 0.29) is 12.3 Å². The minimum absolute atomic E-state index is 0.111. The highest BCUT2D eigenvalue weighted by Crippen LogP contribution is 2.33. The first-order chi connectivity index (χ1) is 38.3. The molecule has 456 valence electrons. The molecule has 19 heteroatoms. The molecule has 0 bridgehead atoms. The number of carbonyl (C=O) groups excluding carboxylic acids is 1. The molecule has 19 nitrogen and oxygen atoms in total. The van der Waals surface area contributed by atoms with Crippen LogP contribution in [0.1, 0.15) is 168 Å². The number of hydrogen-bond donors (Lipinski definition) is 12. The quantitative estimate of drug-likeness (QED) is 0.0282. The van der Waals surface area contributed by atoms with Crippen LogP contribution in [0.15, 0.2) is 72.9 Å². The molecule has 0 aromatic carbocycles. The standard InChI is InChI=1S/C60H103NO18/c1-3-5-7-9-11-13-15-17-18-19-20-21-22-23-24-26-27-29-31-33-35-37-44(65)43(61-48(66)38-36-34-32-30-28-25-16-14-12-10-8-6-4-2)42-74-58-54(72)51(69)56(46(40-63)76-58)79-60-55(73)52(70)57(47(41-64)77-60)78-59-53(71)50(68)49(67)45(39-62)75-59/h6,8,12,14,25,27-29,32,34-35,37,43-47,49-60,62-65,67-73H,3-5,7,9-11,13,15-24,26,30-31,33,36,38-42H2,1-2H3,(H,61,66)/b8-6-,14-12-,28-25-,29-27+,34-32-,37-35+. The maximum absolute atomic E-state index is 13.2. The van der Waals surface area contributed by atoms with Crippen molar-refractivity contribution in [2.75, 3.05) is 26.4 Å². The molecule has 3 rings (SSSR count). The fourth-order valence-corrected chi connectivity index (χ4v) is 9.63. The van der Waals surface area contributed by atoms with Gasteiger partial charge in [0.1, 0.15) is 73.2 Å². The van der Waals surface area contributed by atoms with Gasteiger partial charge < -0.3 is 89.9 Å². The summed E-state index contributed by atoms with van der Waals surface area (Å²) in [6, 6.07) is -1.03. The van der Waals surface area contributed by atoms with Crippen LogP contribution in [0.3, 0.4) is 0 Å². The molecule has 3 aliphatic heterocycles. The van der Waals surface area contributed by atoms with Crippen LogP contribution in [0, 0.1) is 0 Å². The van der Waals surface area contributed by atoms with E-state index in [1.54, 1.807) is 6.08 Å². The van der Waals surface area contributed by atoms with Crippen LogP contribution in [-0.4, -0.2) is 193 Å². The molecular weight excluding hydrogens is 1020 g/mol. The van der Waals surface area contributed by atoms with Crippen molar-refractivity contribution < 1.29 is 89.4 Å². The number of aliphatic hydroxyl groups is 11. The third-order valence-corrected chi connectivity index (χ3v) is 14.5. The number of unbranched alkanes of at least 4 members (excludes halogenated alkanes) is 16. The van der Waals surface area contributed by atoms with E-state index in [0.29, 0.717) is 19.3 Å². The molecular formula is C60H103NO18. The second-order valence-electron chi connectivity index (χ2n) is 21.1. The average molecular weight is 1130 g/mol. The van der Waals surface area contributed by atoms with E-state index in [9.17, 15) is 61.0 Å². The zero-order chi connectivity index (χ0) is 57.6. The monoisotopic (exact) mass is 1130 g/mol. The molecule has 17 atom stereocenters. The van der Waals surface area contributed by atoms with E-state index in [1.165, 1.54) is 89.9 Å². The Balaban J connectivity index is 1.53. The highest BCUT2D eigenvalue weighted by Gasteiger charge is 2.53. The van der Waals surface area contributed by atoms with Crippen LogP contribution in [0.5, 0.6) is 0 Å². The topological polar surface area (TPSA) is 307 Å². The molecule has 0 aromatic rings. The van der Waals surface area contributed by atoms with Crippen molar-refractivity contribution in [3.05, 3.63) is 72.9 Å². The summed E-state index contributed by atoms with van der Waals surface area (Å²) in [5, 5.41) is 120. The number of allylic oxidation sites excluding steroid dienone is 11.